The molecule has 1 N–H and O–H groups in total. The van der Waals surface area contributed by atoms with Gasteiger partial charge in [0.1, 0.15) is 5.76 Å². The Kier molecular flexibility index (Phi) is 5.75. The first kappa shape index (κ1) is 21.4. The molecule has 0 amide bonds. The highest BCUT2D eigenvalue weighted by Gasteiger charge is 2.66. The fourth-order valence-electron chi connectivity index (χ4n) is 5.67. The number of thioether (sulfide) groups is 1. The van der Waals surface area contributed by atoms with Gasteiger partial charge in [-0.15, -0.1) is 0 Å². The van der Waals surface area contributed by atoms with E-state index >= 15 is 0 Å². The second kappa shape index (κ2) is 8.04. The van der Waals surface area contributed by atoms with Crippen LogP contribution < -0.4 is 0 Å². The van der Waals surface area contributed by atoms with Crippen molar-refractivity contribution in [2.75, 3.05) is 18.1 Å². The second-order valence-corrected chi connectivity index (χ2v) is 9.87. The zero-order valence-electron chi connectivity index (χ0n) is 18.1. The molecule has 4 rings (SSSR count). The van der Waals surface area contributed by atoms with Crippen LogP contribution in [-0.4, -0.2) is 46.7 Å². The lowest BCUT2D eigenvalue weighted by Crippen LogP contribution is -2.42. The minimum Gasteiger partial charge on any atom is -0.511 e. The minimum absolute atomic E-state index is 0.0146. The topological polar surface area (TPSA) is 72.8 Å². The van der Waals surface area contributed by atoms with E-state index in [0.29, 0.717) is 30.1 Å². The predicted molar refractivity (Wildman–Crippen MR) is 118 cm³/mol. The summed E-state index contributed by atoms with van der Waals surface area (Å²) < 4.78 is 11.3. The van der Waals surface area contributed by atoms with Crippen LogP contribution in [0.5, 0.6) is 0 Å². The first-order chi connectivity index (χ1) is 14.3. The molecule has 5 nitrogen and oxygen atoms in total. The van der Waals surface area contributed by atoms with Crippen LogP contribution in [0.15, 0.2) is 17.9 Å². The van der Waals surface area contributed by atoms with E-state index in [1.807, 2.05) is 20.8 Å². The number of aryl methyl sites for hydroxylation is 3. The molecule has 0 saturated carbocycles. The number of fused-ring (bicyclic) bond motifs is 5. The quantitative estimate of drug-likeness (QED) is 0.513. The first-order valence-electron chi connectivity index (χ1n) is 10.8. The van der Waals surface area contributed by atoms with Crippen LogP contribution in [0.3, 0.4) is 0 Å². The fourth-order valence-corrected chi connectivity index (χ4v) is 6.86. The molecule has 0 aromatic heterocycles. The summed E-state index contributed by atoms with van der Waals surface area (Å²) in [6.45, 7) is 8.24. The number of aliphatic hydroxyl groups is 1. The molecule has 162 valence electrons. The summed E-state index contributed by atoms with van der Waals surface area (Å²) in [4.78, 5) is 25.2. The number of allylic oxidation sites excluding steroid dienone is 1. The third-order valence-corrected chi connectivity index (χ3v) is 7.88. The third kappa shape index (κ3) is 3.38. The van der Waals surface area contributed by atoms with Gasteiger partial charge in [-0.2, -0.15) is 11.8 Å². The Morgan fingerprint density at radius 1 is 1.30 bits per heavy atom. The molecule has 2 saturated heterocycles. The summed E-state index contributed by atoms with van der Waals surface area (Å²) in [5, 5.41) is 11.2. The van der Waals surface area contributed by atoms with Crippen LogP contribution >= 0.6 is 11.8 Å². The van der Waals surface area contributed by atoms with Crippen molar-refractivity contribution in [3.8, 4) is 0 Å². The van der Waals surface area contributed by atoms with Gasteiger partial charge in [0.15, 0.2) is 5.78 Å². The number of rotatable bonds is 7. The molecule has 0 spiro atoms. The summed E-state index contributed by atoms with van der Waals surface area (Å²) in [5.74, 6) is 0.753. The second-order valence-electron chi connectivity index (χ2n) is 8.77. The van der Waals surface area contributed by atoms with Gasteiger partial charge in [0.25, 0.3) is 0 Å². The SMILES string of the molecule is CCOC(=O)CCSC[C@]12CC[C@H](O1)[C@@H]1C(O)=C(c3c(C)cc(C)cc3C)C(=O)[C@@H]12. The molecular weight excluding hydrogens is 400 g/mol. The predicted octanol–water partition coefficient (Wildman–Crippen LogP) is 4.31. The lowest BCUT2D eigenvalue weighted by atomic mass is 9.73. The average Bonchev–Trinajstić information content (AvgIpc) is 3.31. The Morgan fingerprint density at radius 2 is 2.00 bits per heavy atom. The Hall–Kier alpha value is -1.79. The minimum atomic E-state index is -0.548. The standard InChI is InChI=1S/C24H30O5S/c1-5-28-17(25)7-9-30-12-24-8-6-16(29-24)19-21(24)23(27)20(22(19)26)18-14(3)10-13(2)11-15(18)4/h10-11,16,19,21,26H,5-9,12H2,1-4H3/t16-,19-,21+,24-/m0/s1. The number of carbonyl (C=O) groups excluding carboxylic acids is 2. The van der Waals surface area contributed by atoms with E-state index < -0.39 is 5.60 Å². The molecule has 1 aromatic carbocycles. The van der Waals surface area contributed by atoms with Gasteiger partial charge in [-0.1, -0.05) is 17.7 Å². The van der Waals surface area contributed by atoms with E-state index in [4.69, 9.17) is 9.47 Å². The molecule has 30 heavy (non-hydrogen) atoms. The fraction of sp³-hybridized carbons (Fsp3) is 0.583. The Balaban J connectivity index is 1.56. The molecule has 2 fully saturated rings. The van der Waals surface area contributed by atoms with Crippen molar-refractivity contribution in [3.63, 3.8) is 0 Å². The molecule has 2 heterocycles. The highest BCUT2D eigenvalue weighted by Crippen LogP contribution is 2.60. The number of hydrogen-bond donors (Lipinski definition) is 1. The molecule has 1 aliphatic carbocycles. The van der Waals surface area contributed by atoms with Crippen molar-refractivity contribution in [1.82, 2.24) is 0 Å². The summed E-state index contributed by atoms with van der Waals surface area (Å²) in [7, 11) is 0. The summed E-state index contributed by atoms with van der Waals surface area (Å²) in [6.07, 6.45) is 1.93. The van der Waals surface area contributed by atoms with Gasteiger partial charge in [0.05, 0.1) is 42.1 Å². The largest absolute Gasteiger partial charge is 0.511 e. The smallest absolute Gasteiger partial charge is 0.306 e. The van der Waals surface area contributed by atoms with Crippen molar-refractivity contribution in [2.45, 2.75) is 58.7 Å². The average molecular weight is 431 g/mol. The Morgan fingerprint density at radius 3 is 2.67 bits per heavy atom. The number of Topliss-reactive ketones (excluding diaryl/α,β-unsaturated/α-hetero) is 1. The molecule has 0 unspecified atom stereocenters. The van der Waals surface area contributed by atoms with Crippen LogP contribution in [0, 0.1) is 32.6 Å². The summed E-state index contributed by atoms with van der Waals surface area (Å²) in [6, 6.07) is 4.13. The molecule has 6 heteroatoms. The van der Waals surface area contributed by atoms with E-state index in [2.05, 4.69) is 12.1 Å². The van der Waals surface area contributed by atoms with Gasteiger partial charge in [-0.25, -0.2) is 0 Å². The van der Waals surface area contributed by atoms with Crippen molar-refractivity contribution in [2.24, 2.45) is 11.8 Å². The zero-order valence-corrected chi connectivity index (χ0v) is 18.9. The molecule has 2 bridgehead atoms. The Bertz CT molecular complexity index is 897. The van der Waals surface area contributed by atoms with E-state index in [9.17, 15) is 14.7 Å². The van der Waals surface area contributed by atoms with Crippen molar-refractivity contribution in [3.05, 3.63) is 40.1 Å². The van der Waals surface area contributed by atoms with Crippen molar-refractivity contribution < 1.29 is 24.2 Å². The maximum absolute atomic E-state index is 13.6. The molecule has 1 aromatic rings. The lowest BCUT2D eigenvalue weighted by Gasteiger charge is -2.32. The van der Waals surface area contributed by atoms with Gasteiger partial charge in [0, 0.05) is 11.5 Å². The van der Waals surface area contributed by atoms with Crippen LogP contribution in [0.2, 0.25) is 0 Å². The highest BCUT2D eigenvalue weighted by atomic mass is 32.2. The van der Waals surface area contributed by atoms with Gasteiger partial charge in [-0.3, -0.25) is 9.59 Å². The summed E-state index contributed by atoms with van der Waals surface area (Å²) in [5.41, 5.74) is 4.02. The normalized spacial score (nSPS) is 29.6. The molecule has 0 radical (unpaired) electrons. The van der Waals surface area contributed by atoms with Crippen molar-refractivity contribution in [1.29, 1.82) is 0 Å². The number of hydrogen-bond acceptors (Lipinski definition) is 6. The number of benzene rings is 1. The van der Waals surface area contributed by atoms with Crippen LogP contribution in [0.4, 0.5) is 0 Å². The van der Waals surface area contributed by atoms with E-state index in [1.54, 1.807) is 18.7 Å². The monoisotopic (exact) mass is 430 g/mol. The van der Waals surface area contributed by atoms with E-state index in [0.717, 1.165) is 35.1 Å². The number of ketones is 1. The maximum Gasteiger partial charge on any atom is 0.306 e. The third-order valence-electron chi connectivity index (χ3n) is 6.69. The molecular formula is C24H30O5S. The number of esters is 1. The Labute approximate surface area is 182 Å². The zero-order chi connectivity index (χ0) is 21.6. The maximum atomic E-state index is 13.6. The molecule has 4 atom stereocenters. The van der Waals surface area contributed by atoms with Crippen LogP contribution in [0.25, 0.3) is 5.57 Å². The van der Waals surface area contributed by atoms with Gasteiger partial charge in [-0.05, 0) is 57.2 Å². The highest BCUT2D eigenvalue weighted by molar-refractivity contribution is 7.99. The van der Waals surface area contributed by atoms with E-state index in [1.165, 1.54) is 0 Å². The lowest BCUT2D eigenvalue weighted by molar-refractivity contribution is -0.142. The molecule has 2 aliphatic heterocycles. The van der Waals surface area contributed by atoms with Crippen molar-refractivity contribution >= 4 is 29.1 Å². The number of carbonyl (C=O) groups is 2. The number of aliphatic hydroxyl groups excluding tert-OH is 1. The first-order valence-corrected chi connectivity index (χ1v) is 11.9. The summed E-state index contributed by atoms with van der Waals surface area (Å²) >= 11 is 1.63. The van der Waals surface area contributed by atoms with Gasteiger partial charge >= 0.3 is 5.97 Å². The van der Waals surface area contributed by atoms with Gasteiger partial charge in [0.2, 0.25) is 0 Å². The molecule has 3 aliphatic rings. The van der Waals surface area contributed by atoms with Crippen LogP contribution in [0.1, 0.15) is 48.4 Å². The number of ether oxygens (including phenoxy) is 2. The van der Waals surface area contributed by atoms with Crippen LogP contribution in [-0.2, 0) is 19.1 Å². The van der Waals surface area contributed by atoms with E-state index in [-0.39, 0.29) is 35.5 Å². The van der Waals surface area contributed by atoms with Gasteiger partial charge < -0.3 is 14.6 Å².